The number of rotatable bonds is 9. The van der Waals surface area contributed by atoms with Crippen LogP contribution in [0.1, 0.15) is 25.3 Å². The van der Waals surface area contributed by atoms with Crippen molar-refractivity contribution < 1.29 is 4.74 Å². The van der Waals surface area contributed by atoms with E-state index < -0.39 is 0 Å². The summed E-state index contributed by atoms with van der Waals surface area (Å²) >= 11 is 1.47. The number of unbranched alkanes of at least 4 members (excludes halogenated alkanes) is 1. The van der Waals surface area contributed by atoms with Crippen LogP contribution in [0.2, 0.25) is 0 Å². The van der Waals surface area contributed by atoms with Gasteiger partial charge in [-0.2, -0.15) is 0 Å². The number of fused-ring (bicyclic) bond motifs is 1. The molecule has 21 heavy (non-hydrogen) atoms. The molecule has 0 amide bonds. The predicted octanol–water partition coefficient (Wildman–Crippen LogP) is 2.17. The van der Waals surface area contributed by atoms with E-state index in [1.165, 1.54) is 11.3 Å². The molecule has 0 aromatic carbocycles. The van der Waals surface area contributed by atoms with Gasteiger partial charge in [0.15, 0.2) is 0 Å². The average Bonchev–Trinajstić information content (AvgIpc) is 2.86. The van der Waals surface area contributed by atoms with E-state index in [9.17, 15) is 4.79 Å². The third-order valence-corrected chi connectivity index (χ3v) is 4.39. The minimum atomic E-state index is 0.0547. The number of nitrogens with zero attached hydrogens (tertiary/aromatic N) is 2. The third-order valence-electron chi connectivity index (χ3n) is 3.32. The normalized spacial score (nSPS) is 11.3. The molecule has 1 N–H and O–H groups in total. The van der Waals surface area contributed by atoms with Gasteiger partial charge in [0, 0.05) is 26.2 Å². The summed E-state index contributed by atoms with van der Waals surface area (Å²) < 4.78 is 7.89. The molecule has 0 aliphatic rings. The number of nitrogens with one attached hydrogen (secondary N) is 1. The molecule has 0 spiro atoms. The first-order chi connectivity index (χ1) is 10.2. The van der Waals surface area contributed by atoms with Gasteiger partial charge in [-0.1, -0.05) is 13.3 Å². The smallest absolute Gasteiger partial charge is 0.271 e. The highest BCUT2D eigenvalue weighted by atomic mass is 32.1. The Bertz CT molecular complexity index is 621. The van der Waals surface area contributed by atoms with Gasteiger partial charge >= 0.3 is 0 Å². The molecule has 0 saturated heterocycles. The molecule has 0 aliphatic heterocycles. The molecule has 0 unspecified atom stereocenters. The van der Waals surface area contributed by atoms with E-state index in [4.69, 9.17) is 4.74 Å². The lowest BCUT2D eigenvalue weighted by molar-refractivity contribution is 0.133. The maximum atomic E-state index is 12.3. The Hall–Kier alpha value is -1.24. The van der Waals surface area contributed by atoms with Crippen molar-refractivity contribution in [3.8, 4) is 0 Å². The average molecular weight is 309 g/mol. The zero-order chi connectivity index (χ0) is 15.1. The summed E-state index contributed by atoms with van der Waals surface area (Å²) in [6.45, 7) is 7.87. The second kappa shape index (κ2) is 8.26. The van der Waals surface area contributed by atoms with Crippen LogP contribution in [0.25, 0.3) is 10.2 Å². The van der Waals surface area contributed by atoms with E-state index >= 15 is 0 Å². The number of aryl methyl sites for hydroxylation is 1. The standard InChI is InChI=1S/C15H23N3O2S/c1-3-4-8-20-9-6-16-5-7-18-11-17-13-12(2)10-21-14(13)15(18)19/h10-11,16H,3-9H2,1-2H3. The third kappa shape index (κ3) is 4.36. The summed E-state index contributed by atoms with van der Waals surface area (Å²) in [5.41, 5.74) is 1.96. The van der Waals surface area contributed by atoms with Crippen LogP contribution in [0.15, 0.2) is 16.5 Å². The highest BCUT2D eigenvalue weighted by Gasteiger charge is 2.07. The largest absolute Gasteiger partial charge is 0.380 e. The molecule has 6 heteroatoms. The minimum Gasteiger partial charge on any atom is -0.380 e. The van der Waals surface area contributed by atoms with Gasteiger partial charge in [0.25, 0.3) is 5.56 Å². The van der Waals surface area contributed by atoms with E-state index in [2.05, 4.69) is 17.2 Å². The Balaban J connectivity index is 1.76. The lowest BCUT2D eigenvalue weighted by Gasteiger charge is -2.07. The van der Waals surface area contributed by atoms with Crippen molar-refractivity contribution in [3.63, 3.8) is 0 Å². The lowest BCUT2D eigenvalue weighted by atomic mass is 10.3. The van der Waals surface area contributed by atoms with Gasteiger partial charge < -0.3 is 10.1 Å². The van der Waals surface area contributed by atoms with Gasteiger partial charge in [0.05, 0.1) is 18.5 Å². The van der Waals surface area contributed by atoms with Crippen LogP contribution in [0.5, 0.6) is 0 Å². The first-order valence-electron chi connectivity index (χ1n) is 7.45. The lowest BCUT2D eigenvalue weighted by Crippen LogP contribution is -2.28. The van der Waals surface area contributed by atoms with E-state index in [-0.39, 0.29) is 5.56 Å². The number of thiophene rings is 1. The Labute approximate surface area is 129 Å². The highest BCUT2D eigenvalue weighted by molar-refractivity contribution is 7.17. The maximum Gasteiger partial charge on any atom is 0.271 e. The van der Waals surface area contributed by atoms with Crippen LogP contribution >= 0.6 is 11.3 Å². The zero-order valence-electron chi connectivity index (χ0n) is 12.7. The van der Waals surface area contributed by atoms with Crippen molar-refractivity contribution in [2.24, 2.45) is 0 Å². The van der Waals surface area contributed by atoms with Crippen molar-refractivity contribution in [1.82, 2.24) is 14.9 Å². The summed E-state index contributed by atoms with van der Waals surface area (Å²) in [7, 11) is 0. The maximum absolute atomic E-state index is 12.3. The topological polar surface area (TPSA) is 56.1 Å². The summed E-state index contributed by atoms with van der Waals surface area (Å²) in [5, 5.41) is 5.26. The van der Waals surface area contributed by atoms with Crippen molar-refractivity contribution in [1.29, 1.82) is 0 Å². The Morgan fingerprint density at radius 2 is 2.24 bits per heavy atom. The quantitative estimate of drug-likeness (QED) is 0.721. The van der Waals surface area contributed by atoms with Crippen LogP contribution in [0.4, 0.5) is 0 Å². The molecule has 0 saturated carbocycles. The van der Waals surface area contributed by atoms with Gasteiger partial charge in [-0.25, -0.2) is 4.98 Å². The predicted molar refractivity (Wildman–Crippen MR) is 87.2 cm³/mol. The fourth-order valence-electron chi connectivity index (χ4n) is 2.04. The molecule has 2 aromatic heterocycles. The van der Waals surface area contributed by atoms with Crippen molar-refractivity contribution in [2.45, 2.75) is 33.2 Å². The first-order valence-corrected chi connectivity index (χ1v) is 8.33. The van der Waals surface area contributed by atoms with Crippen LogP contribution in [0.3, 0.4) is 0 Å². The molecule has 0 bridgehead atoms. The number of hydrogen-bond acceptors (Lipinski definition) is 5. The van der Waals surface area contributed by atoms with Crippen molar-refractivity contribution in [3.05, 3.63) is 27.6 Å². The van der Waals surface area contributed by atoms with E-state index in [0.29, 0.717) is 6.54 Å². The monoisotopic (exact) mass is 309 g/mol. The molecular weight excluding hydrogens is 286 g/mol. The Morgan fingerprint density at radius 3 is 3.05 bits per heavy atom. The van der Waals surface area contributed by atoms with E-state index in [0.717, 1.165) is 54.9 Å². The molecule has 0 fully saturated rings. The zero-order valence-corrected chi connectivity index (χ0v) is 13.5. The Kier molecular flexibility index (Phi) is 6.35. The van der Waals surface area contributed by atoms with Crippen LogP contribution in [-0.2, 0) is 11.3 Å². The van der Waals surface area contributed by atoms with Gasteiger partial charge in [-0.3, -0.25) is 9.36 Å². The fourth-order valence-corrected chi connectivity index (χ4v) is 2.99. The molecule has 0 radical (unpaired) electrons. The molecular formula is C15H23N3O2S. The molecule has 0 aliphatic carbocycles. The molecule has 116 valence electrons. The second-order valence-corrected chi connectivity index (χ2v) is 5.94. The first kappa shape index (κ1) is 16.1. The number of ether oxygens (including phenoxy) is 1. The van der Waals surface area contributed by atoms with E-state index in [1.54, 1.807) is 10.9 Å². The Morgan fingerprint density at radius 1 is 1.38 bits per heavy atom. The highest BCUT2D eigenvalue weighted by Crippen LogP contribution is 2.19. The number of aromatic nitrogens is 2. The van der Waals surface area contributed by atoms with E-state index in [1.807, 2.05) is 12.3 Å². The van der Waals surface area contributed by atoms with Crippen molar-refractivity contribution >= 4 is 21.6 Å². The van der Waals surface area contributed by atoms with Gasteiger partial charge in [-0.05, 0) is 24.3 Å². The van der Waals surface area contributed by atoms with Gasteiger partial charge in [0.1, 0.15) is 4.70 Å². The summed E-state index contributed by atoms with van der Waals surface area (Å²) in [6.07, 6.45) is 3.92. The molecule has 2 heterocycles. The number of hydrogen-bond donors (Lipinski definition) is 1. The van der Waals surface area contributed by atoms with Crippen molar-refractivity contribution in [2.75, 3.05) is 26.3 Å². The summed E-state index contributed by atoms with van der Waals surface area (Å²) in [6, 6.07) is 0. The molecule has 5 nitrogen and oxygen atoms in total. The molecule has 2 aromatic rings. The minimum absolute atomic E-state index is 0.0547. The summed E-state index contributed by atoms with van der Waals surface area (Å²) in [4.78, 5) is 16.6. The molecule has 2 rings (SSSR count). The van der Waals surface area contributed by atoms with Gasteiger partial charge in [0.2, 0.25) is 0 Å². The van der Waals surface area contributed by atoms with Crippen LogP contribution in [-0.4, -0.2) is 35.9 Å². The summed E-state index contributed by atoms with van der Waals surface area (Å²) in [5.74, 6) is 0. The molecule has 0 atom stereocenters. The van der Waals surface area contributed by atoms with Crippen LogP contribution < -0.4 is 10.9 Å². The second-order valence-electron chi connectivity index (χ2n) is 5.06. The van der Waals surface area contributed by atoms with Gasteiger partial charge in [-0.15, -0.1) is 11.3 Å². The fraction of sp³-hybridized carbons (Fsp3) is 0.600. The van der Waals surface area contributed by atoms with Crippen LogP contribution in [0, 0.1) is 6.92 Å². The SMILES string of the molecule is CCCCOCCNCCn1cnc2c(C)csc2c1=O.